The van der Waals surface area contributed by atoms with Gasteiger partial charge in [0.25, 0.3) is 5.91 Å². The van der Waals surface area contributed by atoms with Gasteiger partial charge in [0.1, 0.15) is 16.7 Å². The van der Waals surface area contributed by atoms with Crippen LogP contribution in [0.1, 0.15) is 33.7 Å². The van der Waals surface area contributed by atoms with E-state index in [1.165, 1.54) is 0 Å². The summed E-state index contributed by atoms with van der Waals surface area (Å²) in [5, 5.41) is 2.38. The normalized spacial score (nSPS) is 21.2. The number of nitrogens with zero attached hydrogens (tertiary/aromatic N) is 2. The van der Waals surface area contributed by atoms with Crippen LogP contribution in [0.15, 0.2) is 40.9 Å². The third-order valence-corrected chi connectivity index (χ3v) is 7.04. The molecule has 0 spiro atoms. The van der Waals surface area contributed by atoms with Crippen molar-refractivity contribution in [2.45, 2.75) is 25.3 Å². The van der Waals surface area contributed by atoms with Crippen LogP contribution in [-0.4, -0.2) is 34.2 Å². The first-order chi connectivity index (χ1) is 13.9. The lowest BCUT2D eigenvalue weighted by atomic mass is 9.82. The average molecular weight is 501 g/mol. The zero-order valence-electron chi connectivity index (χ0n) is 15.5. The number of halogens is 1. The Morgan fingerprint density at radius 1 is 1.28 bits per heavy atom. The third-order valence-electron chi connectivity index (χ3n) is 5.65. The van der Waals surface area contributed by atoms with Crippen LogP contribution in [0.4, 0.5) is 0 Å². The van der Waals surface area contributed by atoms with Crippen LogP contribution in [0, 0.1) is 10.5 Å². The number of fused-ring (bicyclic) bond motifs is 2. The molecule has 2 aliphatic rings. The number of aryl methyl sites for hydroxylation is 1. The van der Waals surface area contributed by atoms with Gasteiger partial charge in [-0.15, -0.1) is 0 Å². The van der Waals surface area contributed by atoms with E-state index in [9.17, 15) is 14.4 Å². The molecule has 5 rings (SSSR count). The molecule has 2 aliphatic heterocycles. The molecule has 3 aromatic rings. The van der Waals surface area contributed by atoms with Crippen LogP contribution in [0.2, 0.25) is 0 Å². The summed E-state index contributed by atoms with van der Waals surface area (Å²) < 4.78 is 6.84. The lowest BCUT2D eigenvalue weighted by Gasteiger charge is -2.28. The van der Waals surface area contributed by atoms with Crippen molar-refractivity contribution in [1.82, 2.24) is 15.2 Å². The average Bonchev–Trinajstić information content (AvgIpc) is 3.34. The van der Waals surface area contributed by atoms with E-state index in [1.807, 2.05) is 19.1 Å². The summed E-state index contributed by atoms with van der Waals surface area (Å²) in [7, 11) is 0. The molecule has 1 saturated heterocycles. The fraction of sp³-hybridized carbons (Fsp3) is 0.238. The van der Waals surface area contributed by atoms with Crippen molar-refractivity contribution in [3.63, 3.8) is 0 Å². The highest BCUT2D eigenvalue weighted by atomic mass is 127. The molecule has 1 fully saturated rings. The van der Waals surface area contributed by atoms with Crippen LogP contribution in [0.25, 0.3) is 11.1 Å². The molecule has 1 aromatic carbocycles. The first-order valence-electron chi connectivity index (χ1n) is 9.16. The number of rotatable bonds is 3. The fourth-order valence-corrected chi connectivity index (χ4v) is 4.88. The van der Waals surface area contributed by atoms with Crippen LogP contribution in [-0.2, 0) is 21.5 Å². The van der Waals surface area contributed by atoms with Gasteiger partial charge >= 0.3 is 0 Å². The van der Waals surface area contributed by atoms with Gasteiger partial charge in [0.2, 0.25) is 11.8 Å². The summed E-state index contributed by atoms with van der Waals surface area (Å²) in [6.45, 7) is 2.42. The van der Waals surface area contributed by atoms with E-state index in [4.69, 9.17) is 4.42 Å². The van der Waals surface area contributed by atoms with Crippen molar-refractivity contribution in [2.75, 3.05) is 6.54 Å². The monoisotopic (exact) mass is 501 g/mol. The van der Waals surface area contributed by atoms with Gasteiger partial charge in [0, 0.05) is 28.9 Å². The molecule has 7 nitrogen and oxygen atoms in total. The molecule has 0 radical (unpaired) electrons. The highest BCUT2D eigenvalue weighted by Crippen LogP contribution is 2.39. The summed E-state index contributed by atoms with van der Waals surface area (Å²) in [5.41, 5.74) is 2.51. The van der Waals surface area contributed by atoms with Crippen LogP contribution >= 0.6 is 22.6 Å². The van der Waals surface area contributed by atoms with Crippen molar-refractivity contribution in [1.29, 1.82) is 0 Å². The minimum atomic E-state index is -1.27. The Morgan fingerprint density at radius 3 is 2.83 bits per heavy atom. The van der Waals surface area contributed by atoms with Gasteiger partial charge in [0.05, 0.1) is 12.0 Å². The van der Waals surface area contributed by atoms with E-state index < -0.39 is 11.3 Å². The fourth-order valence-electron chi connectivity index (χ4n) is 4.13. The Bertz CT molecular complexity index is 1180. The van der Waals surface area contributed by atoms with E-state index >= 15 is 0 Å². The van der Waals surface area contributed by atoms with Gasteiger partial charge in [0.15, 0.2) is 5.58 Å². The molecule has 3 amide bonds. The van der Waals surface area contributed by atoms with Crippen molar-refractivity contribution >= 4 is 51.4 Å². The third kappa shape index (κ3) is 2.69. The second-order valence-corrected chi connectivity index (χ2v) is 8.60. The minimum absolute atomic E-state index is 0.0625. The van der Waals surface area contributed by atoms with Crippen molar-refractivity contribution < 1.29 is 18.8 Å². The summed E-state index contributed by atoms with van der Waals surface area (Å²) in [4.78, 5) is 44.1. The Kier molecular flexibility index (Phi) is 4.02. The molecule has 2 aromatic heterocycles. The van der Waals surface area contributed by atoms with Crippen molar-refractivity contribution in [3.8, 4) is 0 Å². The predicted octanol–water partition coefficient (Wildman–Crippen LogP) is 2.68. The van der Waals surface area contributed by atoms with Gasteiger partial charge in [-0.2, -0.15) is 0 Å². The lowest BCUT2D eigenvalue weighted by molar-refractivity contribution is -0.126. The largest absolute Gasteiger partial charge is 0.458 e. The molecule has 0 bridgehead atoms. The SMILES string of the molecule is Cc1ccc2c(c1I)C(=O)N(C[C@@]1(c3cc4ncccc4o3)CC(=O)NC1=O)C2. The molecule has 0 saturated carbocycles. The smallest absolute Gasteiger partial charge is 0.255 e. The molecule has 146 valence electrons. The number of nitrogens with one attached hydrogen (secondary N) is 1. The van der Waals surface area contributed by atoms with Crippen molar-refractivity contribution in [3.05, 3.63) is 62.5 Å². The lowest BCUT2D eigenvalue weighted by Crippen LogP contribution is -2.46. The van der Waals surface area contributed by atoms with Crippen LogP contribution in [0.3, 0.4) is 0 Å². The number of carbonyl (C=O) groups is 3. The molecule has 4 heterocycles. The Labute approximate surface area is 179 Å². The summed E-state index contributed by atoms with van der Waals surface area (Å²) in [6, 6.07) is 9.13. The molecule has 0 unspecified atom stereocenters. The standard InChI is InChI=1S/C21H16IN3O4/c1-11-4-5-12-9-25(19(27)17(12)18(11)22)10-21(8-16(26)24-20(21)28)15-7-13-14(29-15)3-2-6-23-13/h2-7H,8-10H2,1H3,(H,24,26,28)/t21-/m1/s1. The summed E-state index contributed by atoms with van der Waals surface area (Å²) >= 11 is 2.18. The van der Waals surface area contributed by atoms with Gasteiger partial charge in [-0.3, -0.25) is 24.7 Å². The minimum Gasteiger partial charge on any atom is -0.458 e. The number of pyridine rings is 1. The molecule has 1 atom stereocenters. The van der Waals surface area contributed by atoms with E-state index in [1.54, 1.807) is 29.3 Å². The highest BCUT2D eigenvalue weighted by Gasteiger charge is 2.53. The number of amides is 3. The molecular formula is C21H16IN3O4. The highest BCUT2D eigenvalue weighted by molar-refractivity contribution is 14.1. The summed E-state index contributed by atoms with van der Waals surface area (Å²) in [6.07, 6.45) is 1.57. The van der Waals surface area contributed by atoms with Gasteiger partial charge in [-0.1, -0.05) is 12.1 Å². The second kappa shape index (κ2) is 6.38. The zero-order valence-corrected chi connectivity index (χ0v) is 17.6. The first-order valence-corrected chi connectivity index (χ1v) is 10.2. The van der Waals surface area contributed by atoms with E-state index in [0.717, 1.165) is 14.7 Å². The van der Waals surface area contributed by atoms with Crippen LogP contribution < -0.4 is 5.32 Å². The Morgan fingerprint density at radius 2 is 2.10 bits per heavy atom. The van der Waals surface area contributed by atoms with Crippen molar-refractivity contribution in [2.24, 2.45) is 0 Å². The van der Waals surface area contributed by atoms with Gasteiger partial charge < -0.3 is 9.32 Å². The van der Waals surface area contributed by atoms with Gasteiger partial charge in [-0.05, 0) is 52.8 Å². The predicted molar refractivity (Wildman–Crippen MR) is 112 cm³/mol. The quantitative estimate of drug-likeness (QED) is 0.440. The number of hydrogen-bond acceptors (Lipinski definition) is 5. The molecule has 0 aliphatic carbocycles. The number of furan rings is 1. The second-order valence-electron chi connectivity index (χ2n) is 7.53. The molecule has 1 N–H and O–H groups in total. The number of carbonyl (C=O) groups excluding carboxylic acids is 3. The Hall–Kier alpha value is -2.75. The van der Waals surface area contributed by atoms with E-state index in [0.29, 0.717) is 29.0 Å². The maximum Gasteiger partial charge on any atom is 0.255 e. The number of hydrogen-bond donors (Lipinski definition) is 1. The number of imide groups is 1. The number of aromatic nitrogens is 1. The molecular weight excluding hydrogens is 485 g/mol. The molecule has 8 heteroatoms. The van der Waals surface area contributed by atoms with Gasteiger partial charge in [-0.25, -0.2) is 0 Å². The maximum absolute atomic E-state index is 13.2. The Balaban J connectivity index is 1.57. The maximum atomic E-state index is 13.2. The van der Waals surface area contributed by atoms with Crippen LogP contribution in [0.5, 0.6) is 0 Å². The zero-order chi connectivity index (χ0) is 20.3. The van der Waals surface area contributed by atoms with E-state index in [2.05, 4.69) is 32.9 Å². The topological polar surface area (TPSA) is 92.5 Å². The first kappa shape index (κ1) is 18.3. The molecule has 29 heavy (non-hydrogen) atoms. The van der Waals surface area contributed by atoms with E-state index in [-0.39, 0.29) is 24.8 Å². The number of benzene rings is 1. The summed E-state index contributed by atoms with van der Waals surface area (Å²) in [5.74, 6) is -0.604.